The molecule has 2 rings (SSSR count). The van der Waals surface area contributed by atoms with Gasteiger partial charge in [-0.25, -0.2) is 9.59 Å². The molecule has 1 unspecified atom stereocenters. The number of carbonyl (C=O) groups excluding carboxylic acids is 2. The molecule has 108 valence electrons. The van der Waals surface area contributed by atoms with Crippen LogP contribution in [0.25, 0.3) is 0 Å². The van der Waals surface area contributed by atoms with Gasteiger partial charge in [0.25, 0.3) is 0 Å². The average Bonchev–Trinajstić information content (AvgIpc) is 2.81. The molecule has 1 heterocycles. The zero-order chi connectivity index (χ0) is 14.8. The van der Waals surface area contributed by atoms with E-state index in [4.69, 9.17) is 4.74 Å². The van der Waals surface area contributed by atoms with Crippen LogP contribution in [-0.2, 0) is 20.4 Å². The lowest BCUT2D eigenvalue weighted by molar-refractivity contribution is -0.137. The SMILES string of the molecule is O=C1OCC(COC(=O)c2ccc(C(F)(F)F)cc2)O1. The molecule has 0 aromatic heterocycles. The standard InChI is InChI=1S/C12H9F3O5/c13-12(14,15)8-3-1-7(2-4-8)10(16)18-5-9-6-19-11(17)20-9/h1-4,9H,5-6H2. The minimum atomic E-state index is -4.46. The Kier molecular flexibility index (Phi) is 3.82. The zero-order valence-corrected chi connectivity index (χ0v) is 9.98. The van der Waals surface area contributed by atoms with Gasteiger partial charge < -0.3 is 14.2 Å². The second kappa shape index (κ2) is 5.40. The van der Waals surface area contributed by atoms with Gasteiger partial charge >= 0.3 is 18.3 Å². The quantitative estimate of drug-likeness (QED) is 0.800. The highest BCUT2D eigenvalue weighted by Gasteiger charge is 2.30. The van der Waals surface area contributed by atoms with Crippen molar-refractivity contribution in [3.8, 4) is 0 Å². The highest BCUT2D eigenvalue weighted by atomic mass is 19.4. The van der Waals surface area contributed by atoms with Gasteiger partial charge in [-0.1, -0.05) is 0 Å². The summed E-state index contributed by atoms with van der Waals surface area (Å²) in [7, 11) is 0. The van der Waals surface area contributed by atoms with Crippen molar-refractivity contribution in [2.45, 2.75) is 12.3 Å². The van der Waals surface area contributed by atoms with E-state index in [1.807, 2.05) is 0 Å². The Morgan fingerprint density at radius 3 is 2.45 bits per heavy atom. The third-order valence-corrected chi connectivity index (χ3v) is 2.50. The molecule has 8 heteroatoms. The van der Waals surface area contributed by atoms with E-state index in [-0.39, 0.29) is 18.8 Å². The van der Waals surface area contributed by atoms with Crippen molar-refractivity contribution in [2.75, 3.05) is 13.2 Å². The summed E-state index contributed by atoms with van der Waals surface area (Å²) < 4.78 is 50.9. The number of carbonyl (C=O) groups is 2. The summed E-state index contributed by atoms with van der Waals surface area (Å²) in [5, 5.41) is 0. The van der Waals surface area contributed by atoms with E-state index in [1.54, 1.807) is 0 Å². The largest absolute Gasteiger partial charge is 0.508 e. The van der Waals surface area contributed by atoms with E-state index in [0.29, 0.717) is 0 Å². The second-order valence-electron chi connectivity index (χ2n) is 3.97. The van der Waals surface area contributed by atoms with E-state index in [0.717, 1.165) is 24.3 Å². The maximum absolute atomic E-state index is 12.3. The number of cyclic esters (lactones) is 2. The molecule has 1 aromatic rings. The molecule has 1 saturated heterocycles. The number of hydrogen-bond donors (Lipinski definition) is 0. The summed E-state index contributed by atoms with van der Waals surface area (Å²) in [5.74, 6) is -0.804. The van der Waals surface area contributed by atoms with Gasteiger partial charge in [0.15, 0.2) is 6.10 Å². The average molecular weight is 290 g/mol. The molecule has 0 amide bonds. The summed E-state index contributed by atoms with van der Waals surface area (Å²) in [5.41, 5.74) is -0.879. The Balaban J connectivity index is 1.91. The first-order valence-corrected chi connectivity index (χ1v) is 5.54. The van der Waals surface area contributed by atoms with Gasteiger partial charge in [-0.15, -0.1) is 0 Å². The maximum atomic E-state index is 12.3. The Morgan fingerprint density at radius 2 is 1.95 bits per heavy atom. The molecular formula is C12H9F3O5. The Hall–Kier alpha value is -2.25. The predicted octanol–water partition coefficient (Wildman–Crippen LogP) is 2.40. The van der Waals surface area contributed by atoms with Gasteiger partial charge in [-0.2, -0.15) is 13.2 Å². The molecule has 0 radical (unpaired) electrons. The fourth-order valence-electron chi connectivity index (χ4n) is 1.49. The van der Waals surface area contributed by atoms with Crippen LogP contribution < -0.4 is 0 Å². The molecule has 0 saturated carbocycles. The van der Waals surface area contributed by atoms with Crippen molar-refractivity contribution in [1.29, 1.82) is 0 Å². The van der Waals surface area contributed by atoms with Crippen molar-refractivity contribution in [3.63, 3.8) is 0 Å². The Morgan fingerprint density at radius 1 is 1.30 bits per heavy atom. The minimum Gasteiger partial charge on any atom is -0.458 e. The number of alkyl halides is 3. The van der Waals surface area contributed by atoms with Gasteiger partial charge in [0.1, 0.15) is 13.2 Å². The van der Waals surface area contributed by atoms with Crippen molar-refractivity contribution >= 4 is 12.1 Å². The van der Waals surface area contributed by atoms with Crippen LogP contribution in [0.5, 0.6) is 0 Å². The fourth-order valence-corrected chi connectivity index (χ4v) is 1.49. The molecule has 0 spiro atoms. The summed E-state index contributed by atoms with van der Waals surface area (Å²) >= 11 is 0. The summed E-state index contributed by atoms with van der Waals surface area (Å²) in [6, 6.07) is 3.61. The number of benzene rings is 1. The van der Waals surface area contributed by atoms with E-state index in [2.05, 4.69) is 9.47 Å². The number of hydrogen-bond acceptors (Lipinski definition) is 5. The lowest BCUT2D eigenvalue weighted by Gasteiger charge is -2.09. The van der Waals surface area contributed by atoms with E-state index < -0.39 is 30.0 Å². The molecule has 1 fully saturated rings. The molecule has 0 aliphatic carbocycles. The highest BCUT2D eigenvalue weighted by molar-refractivity contribution is 5.89. The first-order chi connectivity index (χ1) is 9.36. The van der Waals surface area contributed by atoms with Crippen molar-refractivity contribution in [2.24, 2.45) is 0 Å². The maximum Gasteiger partial charge on any atom is 0.508 e. The number of halogens is 3. The van der Waals surface area contributed by atoms with Gasteiger partial charge in [0.05, 0.1) is 11.1 Å². The van der Waals surface area contributed by atoms with Crippen LogP contribution in [0.3, 0.4) is 0 Å². The number of esters is 1. The molecule has 1 atom stereocenters. The highest BCUT2D eigenvalue weighted by Crippen LogP contribution is 2.29. The zero-order valence-electron chi connectivity index (χ0n) is 9.98. The number of ether oxygens (including phenoxy) is 3. The summed E-state index contributed by atoms with van der Waals surface area (Å²) in [6.07, 6.45) is -6.00. The third-order valence-electron chi connectivity index (χ3n) is 2.50. The molecule has 5 nitrogen and oxygen atoms in total. The lowest BCUT2D eigenvalue weighted by Crippen LogP contribution is -2.21. The van der Waals surface area contributed by atoms with Gasteiger partial charge in [0.2, 0.25) is 0 Å². The van der Waals surface area contributed by atoms with Crippen LogP contribution in [0, 0.1) is 0 Å². The predicted molar refractivity (Wildman–Crippen MR) is 57.9 cm³/mol. The fraction of sp³-hybridized carbons (Fsp3) is 0.333. The molecular weight excluding hydrogens is 281 g/mol. The monoisotopic (exact) mass is 290 g/mol. The van der Waals surface area contributed by atoms with Crippen LogP contribution in [0.4, 0.5) is 18.0 Å². The molecule has 0 bridgehead atoms. The minimum absolute atomic E-state index is 0.0248. The topological polar surface area (TPSA) is 61.8 Å². The Bertz CT molecular complexity index is 509. The first-order valence-electron chi connectivity index (χ1n) is 5.54. The molecule has 0 N–H and O–H groups in total. The molecule has 20 heavy (non-hydrogen) atoms. The van der Waals surface area contributed by atoms with Crippen molar-refractivity contribution in [3.05, 3.63) is 35.4 Å². The molecule has 1 aliphatic rings. The first kappa shape index (κ1) is 14.2. The van der Waals surface area contributed by atoms with E-state index in [9.17, 15) is 22.8 Å². The van der Waals surface area contributed by atoms with Crippen molar-refractivity contribution in [1.82, 2.24) is 0 Å². The Labute approximate surface area is 111 Å². The van der Waals surface area contributed by atoms with Gasteiger partial charge in [0, 0.05) is 0 Å². The second-order valence-corrected chi connectivity index (χ2v) is 3.97. The van der Waals surface area contributed by atoms with E-state index in [1.165, 1.54) is 0 Å². The van der Waals surface area contributed by atoms with Crippen LogP contribution in [0.1, 0.15) is 15.9 Å². The third kappa shape index (κ3) is 3.40. The smallest absolute Gasteiger partial charge is 0.458 e. The summed E-state index contributed by atoms with van der Waals surface area (Å²) in [4.78, 5) is 22.2. The van der Waals surface area contributed by atoms with Crippen LogP contribution in [-0.4, -0.2) is 31.4 Å². The van der Waals surface area contributed by atoms with Gasteiger partial charge in [-0.3, -0.25) is 0 Å². The van der Waals surface area contributed by atoms with Gasteiger partial charge in [-0.05, 0) is 24.3 Å². The van der Waals surface area contributed by atoms with Crippen molar-refractivity contribution < 1.29 is 37.0 Å². The summed E-state index contributed by atoms with van der Waals surface area (Å²) in [6.45, 7) is -0.245. The molecule has 1 aromatic carbocycles. The van der Waals surface area contributed by atoms with Crippen LogP contribution in [0.2, 0.25) is 0 Å². The lowest BCUT2D eigenvalue weighted by atomic mass is 10.1. The molecule has 1 aliphatic heterocycles. The van der Waals surface area contributed by atoms with Crippen LogP contribution in [0.15, 0.2) is 24.3 Å². The normalized spacial score (nSPS) is 18.4. The van der Waals surface area contributed by atoms with Crippen LogP contribution >= 0.6 is 0 Å². The van der Waals surface area contributed by atoms with E-state index >= 15 is 0 Å². The number of rotatable bonds is 3.